The smallest absolute Gasteiger partial charge is 0.337 e. The van der Waals surface area contributed by atoms with Crippen LogP contribution in [0.2, 0.25) is 5.02 Å². The minimum atomic E-state index is -1.23. The van der Waals surface area contributed by atoms with Gasteiger partial charge in [0.2, 0.25) is 0 Å². The number of hydrogen-bond donors (Lipinski definition) is 2. The average Bonchev–Trinajstić information content (AvgIpc) is 2.29. The first-order valence-electron chi connectivity index (χ1n) is 5.26. The molecular formula is C12H9ClN2O4. The molecule has 0 saturated heterocycles. The van der Waals surface area contributed by atoms with Crippen LogP contribution in [-0.4, -0.2) is 20.6 Å². The van der Waals surface area contributed by atoms with E-state index in [0.29, 0.717) is 5.69 Å². The summed E-state index contributed by atoms with van der Waals surface area (Å²) in [4.78, 5) is 37.0. The molecule has 1 heterocycles. The van der Waals surface area contributed by atoms with E-state index in [9.17, 15) is 14.4 Å². The van der Waals surface area contributed by atoms with E-state index >= 15 is 0 Å². The molecule has 1 aromatic heterocycles. The topological polar surface area (TPSA) is 92.2 Å². The zero-order chi connectivity index (χ0) is 14.2. The summed E-state index contributed by atoms with van der Waals surface area (Å²) < 4.78 is 0.843. The predicted molar refractivity (Wildman–Crippen MR) is 69.4 cm³/mol. The van der Waals surface area contributed by atoms with E-state index in [-0.39, 0.29) is 16.3 Å². The Kier molecular flexibility index (Phi) is 3.26. The molecular weight excluding hydrogens is 272 g/mol. The Bertz CT molecular complexity index is 745. The lowest BCUT2D eigenvalue weighted by Gasteiger charge is -2.06. The molecule has 0 aliphatic carbocycles. The molecule has 0 radical (unpaired) electrons. The first-order chi connectivity index (χ1) is 8.90. The summed E-state index contributed by atoms with van der Waals surface area (Å²) in [5.74, 6) is -1.23. The van der Waals surface area contributed by atoms with Crippen molar-refractivity contribution in [3.63, 3.8) is 0 Å². The van der Waals surface area contributed by atoms with Crippen LogP contribution in [0, 0.1) is 6.92 Å². The number of carboxylic acids is 1. The van der Waals surface area contributed by atoms with Crippen LogP contribution < -0.4 is 11.2 Å². The van der Waals surface area contributed by atoms with Crippen LogP contribution in [0.25, 0.3) is 5.69 Å². The summed E-state index contributed by atoms with van der Waals surface area (Å²) in [7, 11) is 0. The van der Waals surface area contributed by atoms with Crippen LogP contribution in [0.3, 0.4) is 0 Å². The van der Waals surface area contributed by atoms with Gasteiger partial charge in [-0.2, -0.15) is 0 Å². The molecule has 1 aromatic carbocycles. The molecule has 0 aliphatic heterocycles. The largest absolute Gasteiger partial charge is 0.478 e. The van der Waals surface area contributed by atoms with Gasteiger partial charge in [0.1, 0.15) is 0 Å². The lowest BCUT2D eigenvalue weighted by Crippen LogP contribution is -2.33. The lowest BCUT2D eigenvalue weighted by molar-refractivity contribution is 0.0697. The number of aromatic amines is 1. The molecule has 0 fully saturated rings. The van der Waals surface area contributed by atoms with Crippen molar-refractivity contribution in [1.29, 1.82) is 0 Å². The number of rotatable bonds is 2. The van der Waals surface area contributed by atoms with Crippen molar-refractivity contribution in [2.75, 3.05) is 0 Å². The second-order valence-corrected chi connectivity index (χ2v) is 4.31. The quantitative estimate of drug-likeness (QED) is 0.864. The maximum Gasteiger partial charge on any atom is 0.337 e. The van der Waals surface area contributed by atoms with Gasteiger partial charge in [-0.25, -0.2) is 14.2 Å². The number of H-pyrrole nitrogens is 1. The van der Waals surface area contributed by atoms with Crippen LogP contribution in [0.1, 0.15) is 16.1 Å². The summed E-state index contributed by atoms with van der Waals surface area (Å²) in [6.07, 6.45) is 0. The average molecular weight is 281 g/mol. The molecule has 2 N–H and O–H groups in total. The number of carboxylic acid groups (broad SMARTS) is 1. The Morgan fingerprint density at radius 2 is 2.00 bits per heavy atom. The third kappa shape index (κ3) is 2.43. The molecule has 0 atom stereocenters. The van der Waals surface area contributed by atoms with Gasteiger partial charge >= 0.3 is 11.7 Å². The number of aryl methyl sites for hydroxylation is 1. The van der Waals surface area contributed by atoms with E-state index in [1.54, 1.807) is 6.92 Å². The molecule has 2 rings (SSSR count). The SMILES string of the molecule is Cc1cc(=O)n(-c2ccc(Cl)c(C(=O)O)c2)c(=O)[nH]1. The van der Waals surface area contributed by atoms with Crippen molar-refractivity contribution in [2.24, 2.45) is 0 Å². The predicted octanol–water partition coefficient (Wildman–Crippen LogP) is 1.19. The molecule has 0 bridgehead atoms. The third-order valence-electron chi connectivity index (χ3n) is 2.51. The number of nitrogens with zero attached hydrogens (tertiary/aromatic N) is 1. The summed E-state index contributed by atoms with van der Waals surface area (Å²) >= 11 is 5.73. The van der Waals surface area contributed by atoms with Gasteiger partial charge in [0.25, 0.3) is 5.56 Å². The number of aromatic nitrogens is 2. The third-order valence-corrected chi connectivity index (χ3v) is 2.84. The summed E-state index contributed by atoms with van der Waals surface area (Å²) in [5.41, 5.74) is -0.777. The van der Waals surface area contributed by atoms with Crippen LogP contribution in [0.5, 0.6) is 0 Å². The first kappa shape index (κ1) is 13.1. The molecule has 0 unspecified atom stereocenters. The second kappa shape index (κ2) is 4.74. The number of benzene rings is 1. The highest BCUT2D eigenvalue weighted by Crippen LogP contribution is 2.18. The maximum absolute atomic E-state index is 11.8. The molecule has 7 heteroatoms. The van der Waals surface area contributed by atoms with Crippen molar-refractivity contribution in [3.05, 3.63) is 61.4 Å². The molecule has 0 amide bonds. The monoisotopic (exact) mass is 280 g/mol. The summed E-state index contributed by atoms with van der Waals surface area (Å²) in [6.45, 7) is 1.58. The van der Waals surface area contributed by atoms with Crippen LogP contribution in [0.15, 0.2) is 33.9 Å². The normalized spacial score (nSPS) is 10.4. The van der Waals surface area contributed by atoms with Gasteiger partial charge in [-0.05, 0) is 25.1 Å². The Morgan fingerprint density at radius 1 is 1.32 bits per heavy atom. The Balaban J connectivity index is 2.74. The van der Waals surface area contributed by atoms with Gasteiger partial charge in [-0.3, -0.25) is 4.79 Å². The van der Waals surface area contributed by atoms with Crippen LogP contribution in [-0.2, 0) is 0 Å². The van der Waals surface area contributed by atoms with E-state index < -0.39 is 17.2 Å². The standard InChI is InChI=1S/C12H9ClN2O4/c1-6-4-10(16)15(12(19)14-6)7-2-3-9(13)8(5-7)11(17)18/h2-5H,1H3,(H,14,19)(H,17,18). The highest BCUT2D eigenvalue weighted by molar-refractivity contribution is 6.33. The van der Waals surface area contributed by atoms with Crippen molar-refractivity contribution in [2.45, 2.75) is 6.92 Å². The van der Waals surface area contributed by atoms with E-state index in [0.717, 1.165) is 4.57 Å². The van der Waals surface area contributed by atoms with Crippen LogP contribution in [0.4, 0.5) is 0 Å². The fraction of sp³-hybridized carbons (Fsp3) is 0.0833. The van der Waals surface area contributed by atoms with Gasteiger partial charge in [0.05, 0.1) is 16.3 Å². The van der Waals surface area contributed by atoms with Crippen molar-refractivity contribution in [1.82, 2.24) is 9.55 Å². The molecule has 0 spiro atoms. The molecule has 0 aliphatic rings. The zero-order valence-electron chi connectivity index (χ0n) is 9.81. The maximum atomic E-state index is 11.8. The fourth-order valence-corrected chi connectivity index (χ4v) is 1.87. The summed E-state index contributed by atoms with van der Waals surface area (Å²) in [5, 5.41) is 9.00. The second-order valence-electron chi connectivity index (χ2n) is 3.90. The Morgan fingerprint density at radius 3 is 2.58 bits per heavy atom. The van der Waals surface area contributed by atoms with Gasteiger partial charge in [0, 0.05) is 11.8 Å². The highest BCUT2D eigenvalue weighted by Gasteiger charge is 2.12. The Labute approximate surface area is 111 Å². The number of nitrogens with one attached hydrogen (secondary N) is 1. The minimum absolute atomic E-state index is 0.0350. The molecule has 0 saturated carbocycles. The van der Waals surface area contributed by atoms with E-state index in [2.05, 4.69) is 4.98 Å². The van der Waals surface area contributed by atoms with E-state index in [1.807, 2.05) is 0 Å². The first-order valence-corrected chi connectivity index (χ1v) is 5.64. The van der Waals surface area contributed by atoms with E-state index in [4.69, 9.17) is 16.7 Å². The van der Waals surface area contributed by atoms with Crippen molar-refractivity contribution >= 4 is 17.6 Å². The fourth-order valence-electron chi connectivity index (χ4n) is 1.67. The molecule has 19 heavy (non-hydrogen) atoms. The number of hydrogen-bond acceptors (Lipinski definition) is 3. The molecule has 2 aromatic rings. The summed E-state index contributed by atoms with van der Waals surface area (Å²) in [6, 6.07) is 5.15. The van der Waals surface area contributed by atoms with Gasteiger partial charge in [-0.1, -0.05) is 11.6 Å². The Hall–Kier alpha value is -2.34. The number of carbonyl (C=O) groups is 1. The highest BCUT2D eigenvalue weighted by atomic mass is 35.5. The molecule has 6 nitrogen and oxygen atoms in total. The van der Waals surface area contributed by atoms with Gasteiger partial charge in [0.15, 0.2) is 0 Å². The van der Waals surface area contributed by atoms with Gasteiger partial charge in [-0.15, -0.1) is 0 Å². The number of halogens is 1. The lowest BCUT2D eigenvalue weighted by atomic mass is 10.2. The van der Waals surface area contributed by atoms with Crippen molar-refractivity contribution in [3.8, 4) is 5.69 Å². The van der Waals surface area contributed by atoms with Crippen molar-refractivity contribution < 1.29 is 9.90 Å². The number of aromatic carboxylic acids is 1. The van der Waals surface area contributed by atoms with E-state index in [1.165, 1.54) is 24.3 Å². The zero-order valence-corrected chi connectivity index (χ0v) is 10.6. The van der Waals surface area contributed by atoms with Crippen LogP contribution >= 0.6 is 11.6 Å². The van der Waals surface area contributed by atoms with Gasteiger partial charge < -0.3 is 10.1 Å². The molecule has 98 valence electrons. The minimum Gasteiger partial charge on any atom is -0.478 e.